The van der Waals surface area contributed by atoms with Gasteiger partial charge in [0.15, 0.2) is 0 Å². The number of alkyl halides is 2. The van der Waals surface area contributed by atoms with Crippen molar-refractivity contribution in [1.29, 1.82) is 0 Å². The number of sulfonamides is 1. The predicted molar refractivity (Wildman–Crippen MR) is 76.5 cm³/mol. The minimum atomic E-state index is -3.71. The smallest absolute Gasteiger partial charge is 0.263 e. The van der Waals surface area contributed by atoms with Crippen molar-refractivity contribution in [1.82, 2.24) is 0 Å². The van der Waals surface area contributed by atoms with Crippen molar-refractivity contribution in [3.8, 4) is 0 Å². The van der Waals surface area contributed by atoms with Crippen LogP contribution in [0.5, 0.6) is 0 Å². The van der Waals surface area contributed by atoms with Crippen LogP contribution in [0.1, 0.15) is 17.6 Å². The maximum absolute atomic E-state index is 12.6. The van der Waals surface area contributed by atoms with Crippen LogP contribution >= 0.6 is 0 Å². The van der Waals surface area contributed by atoms with Crippen LogP contribution < -0.4 is 10.5 Å². The minimum absolute atomic E-state index is 0.0211. The minimum Gasteiger partial charge on any atom is -0.381 e. The Morgan fingerprint density at radius 1 is 1.10 bits per heavy atom. The zero-order valence-electron chi connectivity index (χ0n) is 11.0. The third kappa shape index (κ3) is 4.24. The summed E-state index contributed by atoms with van der Waals surface area (Å²) in [6, 6.07) is 12.0. The third-order valence-corrected chi connectivity index (χ3v) is 3.81. The van der Waals surface area contributed by atoms with E-state index in [2.05, 4.69) is 5.32 Å². The van der Waals surface area contributed by atoms with Gasteiger partial charge in [0.05, 0.1) is 4.90 Å². The van der Waals surface area contributed by atoms with Crippen LogP contribution in [-0.2, 0) is 16.6 Å². The molecule has 0 aliphatic heterocycles. The highest BCUT2D eigenvalue weighted by Crippen LogP contribution is 2.20. The molecule has 2 rings (SSSR count). The van der Waals surface area contributed by atoms with Crippen molar-refractivity contribution in [2.24, 2.45) is 5.14 Å². The molecule has 0 aromatic heterocycles. The quantitative estimate of drug-likeness (QED) is 0.891. The van der Waals surface area contributed by atoms with E-state index in [-0.39, 0.29) is 10.5 Å². The Balaban J connectivity index is 2.05. The highest BCUT2D eigenvalue weighted by Gasteiger charge is 2.08. The third-order valence-electron chi connectivity index (χ3n) is 2.88. The van der Waals surface area contributed by atoms with Crippen LogP contribution in [0.25, 0.3) is 0 Å². The topological polar surface area (TPSA) is 72.2 Å². The van der Waals surface area contributed by atoms with Gasteiger partial charge >= 0.3 is 0 Å². The Morgan fingerprint density at radius 3 is 2.33 bits per heavy atom. The summed E-state index contributed by atoms with van der Waals surface area (Å²) in [6.07, 6.45) is -2.50. The largest absolute Gasteiger partial charge is 0.381 e. The van der Waals surface area contributed by atoms with Gasteiger partial charge in [-0.25, -0.2) is 22.3 Å². The molecule has 2 aromatic rings. The zero-order valence-corrected chi connectivity index (χ0v) is 11.8. The lowest BCUT2D eigenvalue weighted by atomic mass is 10.1. The van der Waals surface area contributed by atoms with Gasteiger partial charge < -0.3 is 5.32 Å². The van der Waals surface area contributed by atoms with E-state index >= 15 is 0 Å². The van der Waals surface area contributed by atoms with Gasteiger partial charge in [0.25, 0.3) is 6.43 Å². The Bertz CT molecular complexity index is 716. The lowest BCUT2D eigenvalue weighted by Gasteiger charge is -2.08. The van der Waals surface area contributed by atoms with Gasteiger partial charge in [0, 0.05) is 17.8 Å². The van der Waals surface area contributed by atoms with Gasteiger partial charge in [-0.05, 0) is 35.9 Å². The van der Waals surface area contributed by atoms with Crippen molar-refractivity contribution in [2.75, 3.05) is 5.32 Å². The van der Waals surface area contributed by atoms with Crippen LogP contribution in [0.2, 0.25) is 0 Å². The summed E-state index contributed by atoms with van der Waals surface area (Å²) in [5.41, 5.74) is 1.35. The molecule has 0 unspecified atom stereocenters. The number of benzene rings is 2. The maximum Gasteiger partial charge on any atom is 0.263 e. The van der Waals surface area contributed by atoms with Crippen LogP contribution in [0.15, 0.2) is 53.4 Å². The van der Waals surface area contributed by atoms with Crippen molar-refractivity contribution >= 4 is 15.7 Å². The van der Waals surface area contributed by atoms with Crippen molar-refractivity contribution in [2.45, 2.75) is 17.9 Å². The molecular weight excluding hydrogens is 298 g/mol. The summed E-state index contributed by atoms with van der Waals surface area (Å²) in [6.45, 7) is 0.356. The SMILES string of the molecule is NS(=O)(=O)c1ccc(NCc2cccc(C(F)F)c2)cc1. The summed E-state index contributed by atoms with van der Waals surface area (Å²) in [5.74, 6) is 0. The second-order valence-corrected chi connectivity index (χ2v) is 6.03. The molecule has 21 heavy (non-hydrogen) atoms. The highest BCUT2D eigenvalue weighted by atomic mass is 32.2. The first-order valence-electron chi connectivity index (χ1n) is 6.10. The van der Waals surface area contributed by atoms with Crippen LogP contribution in [-0.4, -0.2) is 8.42 Å². The second-order valence-electron chi connectivity index (χ2n) is 4.47. The predicted octanol–water partition coefficient (Wildman–Crippen LogP) is 2.88. The number of primary sulfonamides is 1. The Morgan fingerprint density at radius 2 is 1.76 bits per heavy atom. The molecule has 0 fully saturated rings. The summed E-state index contributed by atoms with van der Waals surface area (Å²) < 4.78 is 47.4. The standard InChI is InChI=1S/C14H14F2N2O2S/c15-14(16)11-3-1-2-10(8-11)9-18-12-4-6-13(7-5-12)21(17,19)20/h1-8,14,18H,9H2,(H2,17,19,20). The molecule has 3 N–H and O–H groups in total. The summed E-state index contributed by atoms with van der Waals surface area (Å²) in [7, 11) is -3.71. The van der Waals surface area contributed by atoms with Gasteiger partial charge in [0.1, 0.15) is 0 Å². The van der Waals surface area contributed by atoms with Crippen molar-refractivity contribution in [3.63, 3.8) is 0 Å². The van der Waals surface area contributed by atoms with Crippen molar-refractivity contribution in [3.05, 3.63) is 59.7 Å². The van der Waals surface area contributed by atoms with E-state index in [0.29, 0.717) is 17.8 Å². The molecule has 0 aliphatic carbocycles. The zero-order chi connectivity index (χ0) is 15.5. The Labute approximate surface area is 121 Å². The maximum atomic E-state index is 12.6. The molecule has 0 heterocycles. The van der Waals surface area contributed by atoms with E-state index in [1.165, 1.54) is 24.3 Å². The van der Waals surface area contributed by atoms with E-state index in [9.17, 15) is 17.2 Å². The number of halogens is 2. The van der Waals surface area contributed by atoms with E-state index < -0.39 is 16.4 Å². The number of anilines is 1. The van der Waals surface area contributed by atoms with E-state index in [1.54, 1.807) is 24.3 Å². The van der Waals surface area contributed by atoms with Crippen LogP contribution in [0, 0.1) is 0 Å². The van der Waals surface area contributed by atoms with Gasteiger partial charge in [-0.1, -0.05) is 18.2 Å². The normalized spacial score (nSPS) is 11.6. The first kappa shape index (κ1) is 15.4. The number of hydrogen-bond donors (Lipinski definition) is 2. The molecule has 0 aliphatic rings. The molecule has 4 nitrogen and oxygen atoms in total. The van der Waals surface area contributed by atoms with E-state index in [1.807, 2.05) is 0 Å². The average Bonchev–Trinajstić information content (AvgIpc) is 2.45. The molecule has 0 radical (unpaired) electrons. The second kappa shape index (κ2) is 6.19. The lowest BCUT2D eigenvalue weighted by molar-refractivity contribution is 0.151. The van der Waals surface area contributed by atoms with Gasteiger partial charge in [-0.2, -0.15) is 0 Å². The summed E-state index contributed by atoms with van der Waals surface area (Å²) >= 11 is 0. The van der Waals surface area contributed by atoms with Crippen LogP contribution in [0.3, 0.4) is 0 Å². The highest BCUT2D eigenvalue weighted by molar-refractivity contribution is 7.89. The summed E-state index contributed by atoms with van der Waals surface area (Å²) in [4.78, 5) is 0.0211. The fourth-order valence-corrected chi connectivity index (χ4v) is 2.32. The fourth-order valence-electron chi connectivity index (χ4n) is 1.81. The van der Waals surface area contributed by atoms with E-state index in [0.717, 1.165) is 0 Å². The molecular formula is C14H14F2N2O2S. The van der Waals surface area contributed by atoms with Gasteiger partial charge in [-0.3, -0.25) is 0 Å². The van der Waals surface area contributed by atoms with E-state index in [4.69, 9.17) is 5.14 Å². The molecule has 0 bridgehead atoms. The number of rotatable bonds is 5. The van der Waals surface area contributed by atoms with Gasteiger partial charge in [0.2, 0.25) is 10.0 Å². The Kier molecular flexibility index (Phi) is 4.54. The average molecular weight is 312 g/mol. The lowest BCUT2D eigenvalue weighted by Crippen LogP contribution is -2.12. The fraction of sp³-hybridized carbons (Fsp3) is 0.143. The number of hydrogen-bond acceptors (Lipinski definition) is 3. The molecule has 0 atom stereocenters. The Hall–Kier alpha value is -1.99. The van der Waals surface area contributed by atoms with Crippen LogP contribution in [0.4, 0.5) is 14.5 Å². The number of nitrogens with one attached hydrogen (secondary N) is 1. The molecule has 0 saturated carbocycles. The van der Waals surface area contributed by atoms with Gasteiger partial charge in [-0.15, -0.1) is 0 Å². The molecule has 0 spiro atoms. The number of nitrogens with two attached hydrogens (primary N) is 1. The first-order valence-corrected chi connectivity index (χ1v) is 7.64. The molecule has 112 valence electrons. The molecule has 0 amide bonds. The van der Waals surface area contributed by atoms with Crippen molar-refractivity contribution < 1.29 is 17.2 Å². The molecule has 0 saturated heterocycles. The summed E-state index contributed by atoms with van der Waals surface area (Å²) in [5, 5.41) is 8.02. The molecule has 7 heteroatoms. The monoisotopic (exact) mass is 312 g/mol. The molecule has 2 aromatic carbocycles. The first-order chi connectivity index (χ1) is 9.86.